The maximum absolute atomic E-state index is 12.6. The minimum Gasteiger partial charge on any atom is -0.373 e. The van der Waals surface area contributed by atoms with E-state index < -0.39 is 0 Å². The molecule has 1 aliphatic heterocycles. The second kappa shape index (κ2) is 9.48. The summed E-state index contributed by atoms with van der Waals surface area (Å²) in [5.41, 5.74) is 2.00. The summed E-state index contributed by atoms with van der Waals surface area (Å²) in [6.07, 6.45) is 0.209. The molecule has 2 amide bonds. The standard InChI is InChI=1S/C22H27N3O3/c1-16-13-25(14-17(2)28-16)15-21(26)24-20-11-7-6-10-19(20)22(27)23-12-18-8-4-3-5-9-18/h3-11,16-17H,12-15H2,1-2H3,(H,23,27)(H,24,26). The molecule has 0 bridgehead atoms. The number of amides is 2. The van der Waals surface area contributed by atoms with Gasteiger partial charge in [-0.1, -0.05) is 42.5 Å². The minimum absolute atomic E-state index is 0.104. The van der Waals surface area contributed by atoms with E-state index in [1.165, 1.54) is 0 Å². The molecule has 6 nitrogen and oxygen atoms in total. The number of carbonyl (C=O) groups is 2. The molecule has 2 aromatic rings. The van der Waals surface area contributed by atoms with Crippen molar-refractivity contribution in [3.63, 3.8) is 0 Å². The summed E-state index contributed by atoms with van der Waals surface area (Å²) in [5, 5.41) is 5.79. The van der Waals surface area contributed by atoms with Gasteiger partial charge < -0.3 is 15.4 Å². The summed E-state index contributed by atoms with van der Waals surface area (Å²) in [7, 11) is 0. The Morgan fingerprint density at radius 2 is 1.64 bits per heavy atom. The van der Waals surface area contributed by atoms with Crippen LogP contribution in [-0.2, 0) is 16.1 Å². The van der Waals surface area contributed by atoms with Gasteiger partial charge in [0.05, 0.1) is 30.0 Å². The lowest BCUT2D eigenvalue weighted by Gasteiger charge is -2.34. The number of benzene rings is 2. The fourth-order valence-corrected chi connectivity index (χ4v) is 3.47. The van der Waals surface area contributed by atoms with Crippen LogP contribution in [0.1, 0.15) is 29.8 Å². The average Bonchev–Trinajstić information content (AvgIpc) is 2.66. The van der Waals surface area contributed by atoms with Crippen molar-refractivity contribution in [3.8, 4) is 0 Å². The first-order chi connectivity index (χ1) is 13.5. The highest BCUT2D eigenvalue weighted by Gasteiger charge is 2.24. The Kier molecular flexibility index (Phi) is 6.79. The van der Waals surface area contributed by atoms with Gasteiger partial charge in [0.15, 0.2) is 0 Å². The molecule has 2 atom stereocenters. The smallest absolute Gasteiger partial charge is 0.253 e. The van der Waals surface area contributed by atoms with Gasteiger partial charge in [-0.3, -0.25) is 14.5 Å². The van der Waals surface area contributed by atoms with Crippen molar-refractivity contribution in [3.05, 3.63) is 65.7 Å². The van der Waals surface area contributed by atoms with E-state index >= 15 is 0 Å². The molecule has 0 aromatic heterocycles. The van der Waals surface area contributed by atoms with Crippen molar-refractivity contribution in [2.24, 2.45) is 0 Å². The lowest BCUT2D eigenvalue weighted by Crippen LogP contribution is -2.48. The van der Waals surface area contributed by atoms with Crippen LogP contribution in [-0.4, -0.2) is 48.6 Å². The van der Waals surface area contributed by atoms with Crippen LogP contribution in [0.25, 0.3) is 0 Å². The maximum Gasteiger partial charge on any atom is 0.253 e. The Morgan fingerprint density at radius 1 is 1.00 bits per heavy atom. The lowest BCUT2D eigenvalue weighted by atomic mass is 10.1. The van der Waals surface area contributed by atoms with Gasteiger partial charge in [-0.2, -0.15) is 0 Å². The van der Waals surface area contributed by atoms with E-state index in [9.17, 15) is 9.59 Å². The zero-order chi connectivity index (χ0) is 19.9. The van der Waals surface area contributed by atoms with Crippen LogP contribution in [0.4, 0.5) is 5.69 Å². The third-order valence-corrected chi connectivity index (χ3v) is 4.60. The number of para-hydroxylation sites is 1. The second-order valence-corrected chi connectivity index (χ2v) is 7.21. The summed E-state index contributed by atoms with van der Waals surface area (Å²) < 4.78 is 5.70. The van der Waals surface area contributed by atoms with Gasteiger partial charge in [-0.05, 0) is 31.5 Å². The Labute approximate surface area is 165 Å². The second-order valence-electron chi connectivity index (χ2n) is 7.21. The predicted octanol–water partition coefficient (Wildman–Crippen LogP) is 2.66. The van der Waals surface area contributed by atoms with E-state index in [1.807, 2.05) is 50.2 Å². The van der Waals surface area contributed by atoms with Crippen LogP contribution in [0.2, 0.25) is 0 Å². The number of hydrogen-bond donors (Lipinski definition) is 2. The Balaban J connectivity index is 1.60. The Bertz CT molecular complexity index is 800. The number of nitrogens with one attached hydrogen (secondary N) is 2. The molecule has 2 unspecified atom stereocenters. The topological polar surface area (TPSA) is 70.7 Å². The molecule has 1 aliphatic rings. The van der Waals surface area contributed by atoms with Crippen LogP contribution in [0.5, 0.6) is 0 Å². The number of rotatable bonds is 6. The first-order valence-electron chi connectivity index (χ1n) is 9.60. The molecule has 28 heavy (non-hydrogen) atoms. The third-order valence-electron chi connectivity index (χ3n) is 4.60. The zero-order valence-corrected chi connectivity index (χ0v) is 16.4. The molecule has 6 heteroatoms. The summed E-state index contributed by atoms with van der Waals surface area (Å²) >= 11 is 0. The van der Waals surface area contributed by atoms with E-state index in [4.69, 9.17) is 4.74 Å². The fourth-order valence-electron chi connectivity index (χ4n) is 3.47. The van der Waals surface area contributed by atoms with Gasteiger partial charge in [0, 0.05) is 19.6 Å². The SMILES string of the molecule is CC1CN(CC(=O)Nc2ccccc2C(=O)NCc2ccccc2)CC(C)O1. The Hall–Kier alpha value is -2.70. The molecule has 0 saturated carbocycles. The number of nitrogens with zero attached hydrogens (tertiary/aromatic N) is 1. The first-order valence-corrected chi connectivity index (χ1v) is 9.60. The summed E-state index contributed by atoms with van der Waals surface area (Å²) in [6, 6.07) is 16.8. The largest absolute Gasteiger partial charge is 0.373 e. The Morgan fingerprint density at radius 3 is 2.36 bits per heavy atom. The molecule has 0 aliphatic carbocycles. The lowest BCUT2D eigenvalue weighted by molar-refractivity contribution is -0.121. The van der Waals surface area contributed by atoms with E-state index in [1.54, 1.807) is 18.2 Å². The van der Waals surface area contributed by atoms with Gasteiger partial charge >= 0.3 is 0 Å². The average molecular weight is 381 g/mol. The molecule has 1 fully saturated rings. The minimum atomic E-state index is -0.214. The third kappa shape index (κ3) is 5.65. The molecule has 2 aromatic carbocycles. The summed E-state index contributed by atoms with van der Waals surface area (Å²) in [6.45, 7) is 6.16. The van der Waals surface area contributed by atoms with Gasteiger partial charge in [0.2, 0.25) is 5.91 Å². The van der Waals surface area contributed by atoms with Gasteiger partial charge in [-0.25, -0.2) is 0 Å². The number of hydrogen-bond acceptors (Lipinski definition) is 4. The highest BCUT2D eigenvalue weighted by atomic mass is 16.5. The molecular weight excluding hydrogens is 354 g/mol. The normalized spacial score (nSPS) is 19.8. The monoisotopic (exact) mass is 381 g/mol. The predicted molar refractivity (Wildman–Crippen MR) is 109 cm³/mol. The van der Waals surface area contributed by atoms with Crippen LogP contribution < -0.4 is 10.6 Å². The van der Waals surface area contributed by atoms with Crippen molar-refractivity contribution < 1.29 is 14.3 Å². The number of carbonyl (C=O) groups excluding carboxylic acids is 2. The van der Waals surface area contributed by atoms with Gasteiger partial charge in [0.25, 0.3) is 5.91 Å². The van der Waals surface area contributed by atoms with Crippen molar-refractivity contribution in [2.75, 3.05) is 25.0 Å². The molecule has 2 N–H and O–H groups in total. The van der Waals surface area contributed by atoms with Crippen molar-refractivity contribution >= 4 is 17.5 Å². The number of ether oxygens (including phenoxy) is 1. The maximum atomic E-state index is 12.6. The zero-order valence-electron chi connectivity index (χ0n) is 16.4. The van der Waals surface area contributed by atoms with Crippen LogP contribution in [0, 0.1) is 0 Å². The molecule has 3 rings (SSSR count). The summed E-state index contributed by atoms with van der Waals surface area (Å²) in [4.78, 5) is 27.2. The molecule has 148 valence electrons. The van der Waals surface area contributed by atoms with Gasteiger partial charge in [-0.15, -0.1) is 0 Å². The van der Waals surface area contributed by atoms with E-state index in [0.29, 0.717) is 17.8 Å². The van der Waals surface area contributed by atoms with E-state index in [0.717, 1.165) is 18.7 Å². The van der Waals surface area contributed by atoms with Crippen LogP contribution in [0.3, 0.4) is 0 Å². The molecule has 0 spiro atoms. The van der Waals surface area contributed by atoms with Crippen LogP contribution >= 0.6 is 0 Å². The van der Waals surface area contributed by atoms with Gasteiger partial charge in [0.1, 0.15) is 0 Å². The quantitative estimate of drug-likeness (QED) is 0.807. The van der Waals surface area contributed by atoms with E-state index in [2.05, 4.69) is 15.5 Å². The molecule has 1 saturated heterocycles. The first kappa shape index (κ1) is 20.0. The van der Waals surface area contributed by atoms with E-state index in [-0.39, 0.29) is 30.6 Å². The highest BCUT2D eigenvalue weighted by Crippen LogP contribution is 2.16. The number of morpholine rings is 1. The molecule has 1 heterocycles. The number of anilines is 1. The van der Waals surface area contributed by atoms with Crippen molar-refractivity contribution in [1.29, 1.82) is 0 Å². The summed E-state index contributed by atoms with van der Waals surface area (Å²) in [5.74, 6) is -0.349. The van der Waals surface area contributed by atoms with Crippen molar-refractivity contribution in [1.82, 2.24) is 10.2 Å². The van der Waals surface area contributed by atoms with Crippen LogP contribution in [0.15, 0.2) is 54.6 Å². The molecule has 0 radical (unpaired) electrons. The van der Waals surface area contributed by atoms with Crippen molar-refractivity contribution in [2.45, 2.75) is 32.6 Å². The fraction of sp³-hybridized carbons (Fsp3) is 0.364. The highest BCUT2D eigenvalue weighted by molar-refractivity contribution is 6.04. The molecular formula is C22H27N3O3.